The molecule has 7 nitrogen and oxygen atoms in total. The van der Waals surface area contributed by atoms with Crippen LogP contribution in [0.5, 0.6) is 0 Å². The Balaban J connectivity index is 1.79. The maximum absolute atomic E-state index is 14.1. The van der Waals surface area contributed by atoms with Crippen LogP contribution in [-0.4, -0.2) is 55.0 Å². The standard InChI is InChI=1S/C33H44N2O5/c1-22(36)27-19-33(39-7)20-35(27)29(37)28(31(2,3)4)34-30(38)40-21-32(5,6)18-10-12-23-11-8-9-13-26(23)24-14-16-25(33)17-15-24/h8-9,11,13-17,27-28H,10,12,18-21H2,1-7H3,(H,34,38)/t27-,28+,33-/m0/s1. The number of alkyl carbamates (subject to hydrolysis) is 1. The SMILES string of the molecule is CO[C@@]12C[C@@H](C(C)=O)N(C1)C(=O)[C@H](C(C)(C)C)NC(=O)OCC(C)(C)CCCc1ccccc1-c1ccc2cc1. The van der Waals surface area contributed by atoms with E-state index in [1.54, 1.807) is 12.0 Å². The van der Waals surface area contributed by atoms with Gasteiger partial charge in [0.25, 0.3) is 0 Å². The first-order valence-electron chi connectivity index (χ1n) is 14.2. The van der Waals surface area contributed by atoms with Crippen molar-refractivity contribution in [3.8, 4) is 11.1 Å². The Morgan fingerprint density at radius 3 is 2.38 bits per heavy atom. The third-order valence-corrected chi connectivity index (χ3v) is 8.48. The summed E-state index contributed by atoms with van der Waals surface area (Å²) in [5.74, 6) is -0.428. The van der Waals surface area contributed by atoms with Crippen LogP contribution in [0.3, 0.4) is 0 Å². The second kappa shape index (κ2) is 11.4. The minimum absolute atomic E-state index is 0.114. The number of fused-ring (bicyclic) bond motifs is 11. The Labute approximate surface area is 238 Å². The molecule has 3 atom stereocenters. The summed E-state index contributed by atoms with van der Waals surface area (Å²) in [4.78, 5) is 41.5. The van der Waals surface area contributed by atoms with Crippen molar-refractivity contribution in [2.24, 2.45) is 10.8 Å². The first-order chi connectivity index (χ1) is 18.8. The predicted molar refractivity (Wildman–Crippen MR) is 156 cm³/mol. The number of nitrogens with zero attached hydrogens (tertiary/aromatic N) is 1. The zero-order valence-corrected chi connectivity index (χ0v) is 25.0. The smallest absolute Gasteiger partial charge is 0.407 e. The molecule has 0 saturated carbocycles. The van der Waals surface area contributed by atoms with E-state index in [0.29, 0.717) is 6.42 Å². The quantitative estimate of drug-likeness (QED) is 0.506. The Bertz CT molecular complexity index is 1250. The third kappa shape index (κ3) is 6.25. The number of aryl methyl sites for hydroxylation is 1. The van der Waals surface area contributed by atoms with Gasteiger partial charge in [-0.15, -0.1) is 0 Å². The molecule has 3 heterocycles. The van der Waals surface area contributed by atoms with Gasteiger partial charge in [0.15, 0.2) is 5.78 Å². The molecule has 0 spiro atoms. The van der Waals surface area contributed by atoms with Gasteiger partial charge < -0.3 is 19.7 Å². The van der Waals surface area contributed by atoms with E-state index < -0.39 is 29.2 Å². The number of amides is 2. The average Bonchev–Trinajstić information content (AvgIpc) is 3.31. The summed E-state index contributed by atoms with van der Waals surface area (Å²) in [5.41, 5.74) is 2.79. The molecule has 40 heavy (non-hydrogen) atoms. The molecule has 3 aliphatic rings. The van der Waals surface area contributed by atoms with Crippen LogP contribution in [0.2, 0.25) is 0 Å². The second-order valence-electron chi connectivity index (χ2n) is 13.3. The molecule has 0 aliphatic carbocycles. The third-order valence-electron chi connectivity index (χ3n) is 8.48. The lowest BCUT2D eigenvalue weighted by atomic mass is 9.85. The van der Waals surface area contributed by atoms with Crippen molar-refractivity contribution in [1.29, 1.82) is 0 Å². The minimum atomic E-state index is -0.878. The van der Waals surface area contributed by atoms with E-state index in [9.17, 15) is 14.4 Å². The van der Waals surface area contributed by atoms with E-state index in [4.69, 9.17) is 9.47 Å². The first-order valence-corrected chi connectivity index (χ1v) is 14.2. The topological polar surface area (TPSA) is 84.9 Å². The van der Waals surface area contributed by atoms with Crippen LogP contribution in [0.15, 0.2) is 48.5 Å². The van der Waals surface area contributed by atoms with Crippen molar-refractivity contribution >= 4 is 17.8 Å². The molecule has 1 N–H and O–H groups in total. The average molecular weight is 549 g/mol. The Morgan fingerprint density at radius 1 is 1.07 bits per heavy atom. The molecule has 2 amide bonds. The molecule has 4 bridgehead atoms. The Morgan fingerprint density at radius 2 is 1.75 bits per heavy atom. The van der Waals surface area contributed by atoms with E-state index in [1.165, 1.54) is 18.1 Å². The molecule has 1 fully saturated rings. The molecule has 2 aromatic carbocycles. The highest BCUT2D eigenvalue weighted by Gasteiger charge is 2.51. The lowest BCUT2D eigenvalue weighted by Crippen LogP contribution is -2.57. The molecule has 216 valence electrons. The largest absolute Gasteiger partial charge is 0.449 e. The van der Waals surface area contributed by atoms with Gasteiger partial charge in [0.1, 0.15) is 11.6 Å². The van der Waals surface area contributed by atoms with Crippen LogP contribution >= 0.6 is 0 Å². The van der Waals surface area contributed by atoms with Crippen molar-refractivity contribution in [1.82, 2.24) is 10.2 Å². The summed E-state index contributed by atoms with van der Waals surface area (Å²) in [5, 5.41) is 2.83. The maximum Gasteiger partial charge on any atom is 0.407 e. The molecular formula is C33H44N2O5. The molecular weight excluding hydrogens is 504 g/mol. The van der Waals surface area contributed by atoms with Crippen LogP contribution in [0.25, 0.3) is 11.1 Å². The van der Waals surface area contributed by atoms with E-state index in [-0.39, 0.29) is 30.3 Å². The van der Waals surface area contributed by atoms with E-state index in [2.05, 4.69) is 67.7 Å². The normalized spacial score (nSPS) is 25.7. The van der Waals surface area contributed by atoms with Crippen molar-refractivity contribution in [3.63, 3.8) is 0 Å². The van der Waals surface area contributed by atoms with Crippen molar-refractivity contribution in [2.75, 3.05) is 20.3 Å². The lowest BCUT2D eigenvalue weighted by Gasteiger charge is -2.35. The number of benzene rings is 2. The van der Waals surface area contributed by atoms with Gasteiger partial charge in [0.2, 0.25) is 5.91 Å². The molecule has 3 aliphatic heterocycles. The fourth-order valence-electron chi connectivity index (χ4n) is 5.98. The fourth-order valence-corrected chi connectivity index (χ4v) is 5.98. The summed E-state index contributed by atoms with van der Waals surface area (Å²) in [6, 6.07) is 15.2. The molecule has 0 radical (unpaired) electrons. The zero-order chi connectivity index (χ0) is 29.3. The summed E-state index contributed by atoms with van der Waals surface area (Å²) < 4.78 is 11.8. The van der Waals surface area contributed by atoms with Crippen molar-refractivity contribution < 1.29 is 23.9 Å². The minimum Gasteiger partial charge on any atom is -0.449 e. The number of ketones is 1. The van der Waals surface area contributed by atoms with E-state index >= 15 is 0 Å². The van der Waals surface area contributed by atoms with E-state index in [1.807, 2.05) is 20.8 Å². The number of Topliss-reactive ketones (excluding diaryl/α,β-unsaturated/α-hetero) is 1. The highest BCUT2D eigenvalue weighted by atomic mass is 16.5. The maximum atomic E-state index is 14.1. The van der Waals surface area contributed by atoms with Crippen molar-refractivity contribution in [2.45, 2.75) is 84.9 Å². The fraction of sp³-hybridized carbons (Fsp3) is 0.545. The zero-order valence-electron chi connectivity index (χ0n) is 25.0. The first kappa shape index (κ1) is 29.8. The van der Waals surface area contributed by atoms with Gasteiger partial charge in [-0.1, -0.05) is 83.1 Å². The number of methoxy groups -OCH3 is 1. The van der Waals surface area contributed by atoms with Crippen LogP contribution in [0.4, 0.5) is 4.79 Å². The number of nitrogens with one attached hydrogen (secondary N) is 1. The highest BCUT2D eigenvalue weighted by molar-refractivity contribution is 5.92. The van der Waals surface area contributed by atoms with Gasteiger partial charge in [0.05, 0.1) is 19.2 Å². The van der Waals surface area contributed by atoms with Gasteiger partial charge in [0, 0.05) is 13.5 Å². The number of carbonyl (C=O) groups excluding carboxylic acids is 3. The highest BCUT2D eigenvalue weighted by Crippen LogP contribution is 2.41. The summed E-state index contributed by atoms with van der Waals surface area (Å²) >= 11 is 0. The van der Waals surface area contributed by atoms with Gasteiger partial charge in [-0.2, -0.15) is 0 Å². The van der Waals surface area contributed by atoms with Gasteiger partial charge in [-0.3, -0.25) is 9.59 Å². The Kier molecular flexibility index (Phi) is 8.46. The number of ether oxygens (including phenoxy) is 2. The van der Waals surface area contributed by atoms with Gasteiger partial charge >= 0.3 is 6.09 Å². The molecule has 0 aromatic heterocycles. The summed E-state index contributed by atoms with van der Waals surface area (Å²) in [6.45, 7) is 11.8. The molecule has 0 unspecified atom stereocenters. The van der Waals surface area contributed by atoms with Crippen LogP contribution < -0.4 is 5.32 Å². The molecule has 5 rings (SSSR count). The number of hydrogen-bond donors (Lipinski definition) is 1. The van der Waals surface area contributed by atoms with Crippen molar-refractivity contribution in [3.05, 3.63) is 59.7 Å². The number of carbonyl (C=O) groups is 3. The van der Waals surface area contributed by atoms with Gasteiger partial charge in [-0.25, -0.2) is 4.79 Å². The molecule has 2 aromatic rings. The van der Waals surface area contributed by atoms with Crippen LogP contribution in [-0.2, 0) is 31.1 Å². The van der Waals surface area contributed by atoms with Gasteiger partial charge in [-0.05, 0) is 59.3 Å². The molecule has 1 saturated heterocycles. The lowest BCUT2D eigenvalue weighted by molar-refractivity contribution is -0.141. The summed E-state index contributed by atoms with van der Waals surface area (Å²) in [7, 11) is 1.63. The molecule has 7 heteroatoms. The monoisotopic (exact) mass is 548 g/mol. The van der Waals surface area contributed by atoms with Crippen LogP contribution in [0.1, 0.15) is 71.9 Å². The summed E-state index contributed by atoms with van der Waals surface area (Å²) in [6.07, 6.45) is 2.45. The van der Waals surface area contributed by atoms with E-state index in [0.717, 1.165) is 30.4 Å². The number of hydrogen-bond acceptors (Lipinski definition) is 5. The number of rotatable bonds is 2. The second-order valence-corrected chi connectivity index (χ2v) is 13.3. The predicted octanol–water partition coefficient (Wildman–Crippen LogP) is 5.89. The van der Waals surface area contributed by atoms with Crippen LogP contribution in [0, 0.1) is 10.8 Å². The Hall–Kier alpha value is -3.19.